The first-order valence-electron chi connectivity index (χ1n) is 34.1. The third-order valence-corrected chi connectivity index (χ3v) is 17.9. The molecule has 10 atom stereocenters. The third kappa shape index (κ3) is 22.9. The number of H-pyrrole nitrogens is 1. The fourth-order valence-corrected chi connectivity index (χ4v) is 12.5. The van der Waals surface area contributed by atoms with E-state index in [1.165, 1.54) is 4.90 Å². The van der Waals surface area contributed by atoms with Crippen LogP contribution in [-0.4, -0.2) is 192 Å². The van der Waals surface area contributed by atoms with Crippen LogP contribution in [0.1, 0.15) is 95.2 Å². The fraction of sp³-hybridized carbons (Fsp3) is 0.443. The van der Waals surface area contributed by atoms with Crippen LogP contribution in [-0.2, 0) is 86.4 Å². The first-order chi connectivity index (χ1) is 49.2. The van der Waals surface area contributed by atoms with Gasteiger partial charge in [0.1, 0.15) is 60.4 Å². The van der Waals surface area contributed by atoms with Gasteiger partial charge in [-0.05, 0) is 90.1 Å². The smallest absolute Gasteiger partial charge is 0.245 e. The molecule has 32 nitrogen and oxygen atoms in total. The molecule has 2 bridgehead atoms. The van der Waals surface area contributed by atoms with Crippen molar-refractivity contribution < 1.29 is 67.1 Å². The number of carbonyl (C=O) groups excluding carboxylic acids is 14. The van der Waals surface area contributed by atoms with Crippen LogP contribution >= 0.6 is 11.6 Å². The second-order valence-corrected chi connectivity index (χ2v) is 26.6. The van der Waals surface area contributed by atoms with Crippen molar-refractivity contribution in [2.45, 2.75) is 158 Å². The number of rotatable bonds is 14. The number of nitrogens with zero attached hydrogens (tertiary/aromatic N) is 2. The van der Waals surface area contributed by atoms with Gasteiger partial charge in [0.25, 0.3) is 0 Å². The average Bonchev–Trinajstić information content (AvgIpc) is 1.82. The average molecular weight is 1440 g/mol. The zero-order valence-corrected chi connectivity index (χ0v) is 58.1. The zero-order chi connectivity index (χ0) is 74.4. The number of amides is 14. The second-order valence-electron chi connectivity index (χ2n) is 26.1. The Hall–Kier alpha value is -11.2. The Morgan fingerprint density at radius 2 is 1.18 bits per heavy atom. The lowest BCUT2D eigenvalue weighted by Gasteiger charge is -2.31. The zero-order valence-electron chi connectivity index (χ0n) is 57.3. The molecule has 4 heterocycles. The normalized spacial score (nSPS) is 24.0. The van der Waals surface area contributed by atoms with Crippen LogP contribution < -0.4 is 81.0 Å². The molecule has 1 aromatic heterocycles. The van der Waals surface area contributed by atoms with Gasteiger partial charge in [0.05, 0.1) is 6.42 Å². The molecule has 3 fully saturated rings. The van der Waals surface area contributed by atoms with Crippen LogP contribution in [0.3, 0.4) is 0 Å². The van der Waals surface area contributed by atoms with E-state index in [0.29, 0.717) is 39.0 Å². The predicted octanol–water partition coefficient (Wildman–Crippen LogP) is -2.10. The number of hydrogen-bond donors (Lipinski definition) is 16. The monoisotopic (exact) mass is 1440 g/mol. The van der Waals surface area contributed by atoms with Gasteiger partial charge in [-0.2, -0.15) is 0 Å². The second kappa shape index (κ2) is 36.9. The Bertz CT molecular complexity index is 4010. The molecule has 4 aromatic carbocycles. The van der Waals surface area contributed by atoms with Crippen molar-refractivity contribution in [2.24, 2.45) is 28.1 Å². The minimum atomic E-state index is -2.06. The summed E-state index contributed by atoms with van der Waals surface area (Å²) in [6.07, 6.45) is -1.000. The summed E-state index contributed by atoms with van der Waals surface area (Å²) >= 11 is 6.24. The van der Waals surface area contributed by atoms with Crippen molar-refractivity contribution in [3.8, 4) is 0 Å². The van der Waals surface area contributed by atoms with E-state index >= 15 is 24.0 Å². The fourth-order valence-electron chi connectivity index (χ4n) is 12.4. The number of hydrogen-bond acceptors (Lipinski definition) is 15. The van der Waals surface area contributed by atoms with Gasteiger partial charge in [-0.25, -0.2) is 0 Å². The van der Waals surface area contributed by atoms with E-state index in [-0.39, 0.29) is 89.3 Å². The van der Waals surface area contributed by atoms with Gasteiger partial charge in [-0.1, -0.05) is 98.2 Å². The van der Waals surface area contributed by atoms with Crippen LogP contribution in [0.25, 0.3) is 21.7 Å². The highest BCUT2D eigenvalue weighted by atomic mass is 35.5. The summed E-state index contributed by atoms with van der Waals surface area (Å²) in [5, 5.41) is 33.9. The molecule has 103 heavy (non-hydrogen) atoms. The summed E-state index contributed by atoms with van der Waals surface area (Å²) in [5.41, 5.74) is 19.1. The predicted molar refractivity (Wildman–Crippen MR) is 379 cm³/mol. The van der Waals surface area contributed by atoms with Crippen LogP contribution in [0.2, 0.25) is 5.02 Å². The van der Waals surface area contributed by atoms with Gasteiger partial charge in [0.2, 0.25) is 82.7 Å². The molecule has 33 heteroatoms. The maximum Gasteiger partial charge on any atom is 0.245 e. The lowest BCUT2D eigenvalue weighted by Crippen LogP contribution is -2.62. The minimum absolute atomic E-state index is 0.0166. The Kier molecular flexibility index (Phi) is 27.8. The van der Waals surface area contributed by atoms with Crippen LogP contribution in [0.15, 0.2) is 102 Å². The number of aromatic nitrogens is 1. The summed E-state index contributed by atoms with van der Waals surface area (Å²) in [5.74, 6) is -13.6. The first kappa shape index (κ1) is 77.6. The molecule has 550 valence electrons. The number of primary amides is 1. The molecular weight excluding hydrogens is 1350 g/mol. The molecule has 5 aromatic rings. The lowest BCUT2D eigenvalue weighted by atomic mass is 9.98. The molecular formula is C70H89ClN18O14. The van der Waals surface area contributed by atoms with Crippen molar-refractivity contribution in [1.29, 1.82) is 0 Å². The van der Waals surface area contributed by atoms with Crippen molar-refractivity contribution in [3.63, 3.8) is 0 Å². The Labute approximate surface area is 598 Å². The lowest BCUT2D eigenvalue weighted by molar-refractivity contribution is -0.142. The highest BCUT2D eigenvalue weighted by Gasteiger charge is 2.41. The first-order valence-corrected chi connectivity index (χ1v) is 34.5. The van der Waals surface area contributed by atoms with E-state index in [0.717, 1.165) is 17.7 Å². The topological polar surface area (TPSA) is 493 Å². The Morgan fingerprint density at radius 3 is 1.89 bits per heavy atom. The SMILES string of the molecule is CC(=O)N[C@@H]1CCC(=O)NCCC(=O)NC[C@H]2NC(=O)[C@@H](CC(=O)NC[C@H](C(N)=O)NC(=O)[C@H]3CCCN3C(=O)[C@H](CCCN=C(N)N)NC(=O)[C@@H](CC(C)C)NC(=O)[C@@H](Cc3ccc4ccccc4c3)NC2=O)NC(=O)[C@@H](Cc2c[nH]c3ccccc23)NC(=O)[C@H](Cc2ccc(Cl)cc2)NC1=O. The molecule has 0 spiro atoms. The minimum Gasteiger partial charge on any atom is -0.370 e. The molecule has 0 aliphatic carbocycles. The van der Waals surface area contributed by atoms with Gasteiger partial charge < -0.3 is 90.9 Å². The largest absolute Gasteiger partial charge is 0.370 e. The number of halogens is 1. The molecule has 3 aliphatic rings. The molecule has 3 saturated heterocycles. The van der Waals surface area contributed by atoms with Crippen LogP contribution in [0.4, 0.5) is 0 Å². The Balaban J connectivity index is 1.24. The number of benzene rings is 4. The van der Waals surface area contributed by atoms with Gasteiger partial charge >= 0.3 is 0 Å². The summed E-state index contributed by atoms with van der Waals surface area (Å²) in [7, 11) is 0. The van der Waals surface area contributed by atoms with Gasteiger partial charge in [0, 0.05) is 93.9 Å². The maximum atomic E-state index is 15.4. The van der Waals surface area contributed by atoms with Gasteiger partial charge in [-0.3, -0.25) is 72.1 Å². The summed E-state index contributed by atoms with van der Waals surface area (Å²) in [6, 6.07) is 9.92. The maximum absolute atomic E-state index is 15.4. The molecule has 0 radical (unpaired) electrons. The standard InChI is InChI=1S/C70H89ClN18O14/c1-37(2)28-49-62(96)81-48(14-8-25-76-70(73)74)69(103)89-27-9-15-56(89)68(102)87-54(60(72)94)35-79-59(93)33-53-66(100)88-55(67(101)84-51(64(98)82-49)31-40-16-19-41-10-4-5-11-42(41)29-40)36-78-58(92)24-26-75-57(91)23-22-47(80-38(3)90)61(95)83-50(30-39-17-20-44(71)21-18-39)63(97)85-52(65(99)86-53)32-43-34-77-46-13-7-6-12-45(43)46/h4-7,10-13,16-21,29,34,37,47-56,77H,8-9,14-15,22-28,30-33,35-36H2,1-3H3,(H2,72,94)(H,75,91)(H,78,92)(H,79,93)(H,80,90)(H,81,96)(H,82,98)(H,83,95)(H,84,101)(H,85,97)(H,86,99)(H,87,102)(H,88,100)(H4,73,74,76)/t47-,48+,49-,50+,51-,52-,53-,54-,55-,56-/m1/s1. The molecule has 3 aliphatic heterocycles. The van der Waals surface area contributed by atoms with Crippen molar-refractivity contribution in [1.82, 2.24) is 73.7 Å². The van der Waals surface area contributed by atoms with E-state index in [4.69, 9.17) is 28.8 Å². The van der Waals surface area contributed by atoms with Gasteiger partial charge in [-0.15, -0.1) is 0 Å². The van der Waals surface area contributed by atoms with Gasteiger partial charge in [0.15, 0.2) is 5.96 Å². The van der Waals surface area contributed by atoms with E-state index < -0.39 is 169 Å². The van der Waals surface area contributed by atoms with E-state index in [1.807, 2.05) is 18.2 Å². The van der Waals surface area contributed by atoms with Crippen LogP contribution in [0, 0.1) is 5.92 Å². The highest BCUT2D eigenvalue weighted by molar-refractivity contribution is 6.30. The van der Waals surface area contributed by atoms with Crippen molar-refractivity contribution >= 4 is 122 Å². The van der Waals surface area contributed by atoms with Crippen molar-refractivity contribution in [2.75, 3.05) is 32.7 Å². The molecule has 14 amide bonds. The van der Waals surface area contributed by atoms with Crippen molar-refractivity contribution in [3.05, 3.63) is 119 Å². The number of aromatic amines is 1. The third-order valence-electron chi connectivity index (χ3n) is 17.7. The number of guanidine groups is 1. The van der Waals surface area contributed by atoms with E-state index in [9.17, 15) is 43.2 Å². The molecule has 0 unspecified atom stereocenters. The number of nitrogens with one attached hydrogen (secondary N) is 13. The summed E-state index contributed by atoms with van der Waals surface area (Å²) < 4.78 is 0. The number of fused-ring (bicyclic) bond motifs is 6. The number of para-hydroxylation sites is 1. The summed E-state index contributed by atoms with van der Waals surface area (Å²) in [6.45, 7) is 2.93. The number of carbonyl (C=O) groups is 14. The molecule has 19 N–H and O–H groups in total. The molecule has 0 saturated carbocycles. The summed E-state index contributed by atoms with van der Waals surface area (Å²) in [4.78, 5) is 211. The van der Waals surface area contributed by atoms with E-state index in [1.54, 1.807) is 92.8 Å². The molecule has 8 rings (SSSR count). The Morgan fingerprint density at radius 1 is 0.592 bits per heavy atom. The quantitative estimate of drug-likeness (QED) is 0.0322. The number of aliphatic imine (C=N–C) groups is 1. The highest BCUT2D eigenvalue weighted by Crippen LogP contribution is 2.24. The van der Waals surface area contributed by atoms with E-state index in [2.05, 4.69) is 73.8 Å². The number of nitrogens with two attached hydrogens (primary N) is 3. The van der Waals surface area contributed by atoms with Crippen LogP contribution in [0.5, 0.6) is 0 Å².